The Kier molecular flexibility index (Phi) is 7.28. The van der Waals surface area contributed by atoms with Crippen LogP contribution in [0.25, 0.3) is 0 Å². The molecule has 0 amide bonds. The van der Waals surface area contributed by atoms with Gasteiger partial charge < -0.3 is 9.64 Å². The molecule has 0 radical (unpaired) electrons. The van der Waals surface area contributed by atoms with Crippen LogP contribution in [0, 0.1) is 11.3 Å². The smallest absolute Gasteiger partial charge is 0.126 e. The summed E-state index contributed by atoms with van der Waals surface area (Å²) in [6.45, 7) is 2.12. The van der Waals surface area contributed by atoms with Crippen molar-refractivity contribution in [2.75, 3.05) is 21.2 Å². The van der Waals surface area contributed by atoms with Gasteiger partial charge in [-0.2, -0.15) is 5.26 Å². The zero-order chi connectivity index (χ0) is 16.9. The zero-order valence-electron chi connectivity index (χ0n) is 14.7. The second-order valence-corrected chi connectivity index (χ2v) is 5.87. The fourth-order valence-electron chi connectivity index (χ4n) is 3.46. The molecular weight excluding hydrogens is 320 g/mol. The van der Waals surface area contributed by atoms with E-state index >= 15 is 0 Å². The van der Waals surface area contributed by atoms with E-state index in [1.807, 2.05) is 68.7 Å². The van der Waals surface area contributed by atoms with Crippen LogP contribution in [0.2, 0.25) is 0 Å². The molecule has 2 rings (SSSR count). The predicted molar refractivity (Wildman–Crippen MR) is 101 cm³/mol. The van der Waals surface area contributed by atoms with Gasteiger partial charge in [-0.05, 0) is 32.1 Å². The highest BCUT2D eigenvalue weighted by Crippen LogP contribution is 2.42. The lowest BCUT2D eigenvalue weighted by molar-refractivity contribution is 0.225. The SMILES string of the molecule is CCC(N(C)C)C(C#N)(c1ccccc1)c1ccccc1OC.Cl. The zero-order valence-corrected chi connectivity index (χ0v) is 15.5. The summed E-state index contributed by atoms with van der Waals surface area (Å²) in [5.74, 6) is 0.748. The number of para-hydroxylation sites is 1. The first-order valence-corrected chi connectivity index (χ1v) is 7.88. The number of methoxy groups -OCH3 is 1. The van der Waals surface area contributed by atoms with Gasteiger partial charge in [0.2, 0.25) is 0 Å². The third kappa shape index (κ3) is 3.40. The highest BCUT2D eigenvalue weighted by Gasteiger charge is 2.44. The molecule has 4 heteroatoms. The van der Waals surface area contributed by atoms with Gasteiger partial charge in [-0.15, -0.1) is 12.4 Å². The molecular formula is C20H25ClN2O. The van der Waals surface area contributed by atoms with Crippen molar-refractivity contribution in [2.24, 2.45) is 0 Å². The molecule has 24 heavy (non-hydrogen) atoms. The molecule has 2 unspecified atom stereocenters. The van der Waals surface area contributed by atoms with Crippen molar-refractivity contribution in [1.29, 1.82) is 5.26 Å². The van der Waals surface area contributed by atoms with Gasteiger partial charge in [-0.25, -0.2) is 0 Å². The summed E-state index contributed by atoms with van der Waals surface area (Å²) >= 11 is 0. The molecule has 0 saturated carbocycles. The second kappa shape index (κ2) is 8.73. The van der Waals surface area contributed by atoms with Crippen LogP contribution in [0.1, 0.15) is 24.5 Å². The van der Waals surface area contributed by atoms with Crippen LogP contribution >= 0.6 is 12.4 Å². The number of benzene rings is 2. The first-order valence-electron chi connectivity index (χ1n) is 7.88. The van der Waals surface area contributed by atoms with Crippen LogP contribution < -0.4 is 4.74 Å². The minimum absolute atomic E-state index is 0. The Hall–Kier alpha value is -2.02. The van der Waals surface area contributed by atoms with Crippen molar-refractivity contribution in [2.45, 2.75) is 24.8 Å². The van der Waals surface area contributed by atoms with Crippen molar-refractivity contribution < 1.29 is 4.74 Å². The Bertz CT molecular complexity index is 682. The number of ether oxygens (including phenoxy) is 1. The van der Waals surface area contributed by atoms with E-state index in [9.17, 15) is 5.26 Å². The maximum absolute atomic E-state index is 10.3. The molecule has 0 saturated heterocycles. The van der Waals surface area contributed by atoms with E-state index in [4.69, 9.17) is 4.74 Å². The van der Waals surface area contributed by atoms with E-state index in [0.29, 0.717) is 0 Å². The fourth-order valence-corrected chi connectivity index (χ4v) is 3.46. The Morgan fingerprint density at radius 2 is 1.67 bits per heavy atom. The lowest BCUT2D eigenvalue weighted by atomic mass is 9.68. The highest BCUT2D eigenvalue weighted by atomic mass is 35.5. The van der Waals surface area contributed by atoms with Crippen LogP contribution in [-0.4, -0.2) is 32.1 Å². The van der Waals surface area contributed by atoms with Crippen molar-refractivity contribution >= 4 is 12.4 Å². The van der Waals surface area contributed by atoms with E-state index in [1.165, 1.54) is 0 Å². The molecule has 0 aliphatic carbocycles. The van der Waals surface area contributed by atoms with Gasteiger partial charge in [0.25, 0.3) is 0 Å². The number of hydrogen-bond donors (Lipinski definition) is 0. The average Bonchev–Trinajstić information content (AvgIpc) is 2.60. The lowest BCUT2D eigenvalue weighted by Gasteiger charge is -2.40. The Morgan fingerprint density at radius 3 is 2.17 bits per heavy atom. The maximum Gasteiger partial charge on any atom is 0.126 e. The summed E-state index contributed by atoms with van der Waals surface area (Å²) in [7, 11) is 5.71. The van der Waals surface area contributed by atoms with Crippen LogP contribution in [-0.2, 0) is 5.41 Å². The van der Waals surface area contributed by atoms with Crippen molar-refractivity contribution in [3.8, 4) is 11.8 Å². The molecule has 3 nitrogen and oxygen atoms in total. The van der Waals surface area contributed by atoms with E-state index in [-0.39, 0.29) is 18.4 Å². The first-order chi connectivity index (χ1) is 11.1. The van der Waals surface area contributed by atoms with Gasteiger partial charge >= 0.3 is 0 Å². The second-order valence-electron chi connectivity index (χ2n) is 5.87. The Balaban J connectivity index is 0.00000288. The van der Waals surface area contributed by atoms with E-state index < -0.39 is 5.41 Å². The highest BCUT2D eigenvalue weighted by molar-refractivity contribution is 5.85. The predicted octanol–water partition coefficient (Wildman–Crippen LogP) is 4.27. The van der Waals surface area contributed by atoms with E-state index in [1.54, 1.807) is 7.11 Å². The molecule has 0 aliphatic heterocycles. The molecule has 0 bridgehead atoms. The monoisotopic (exact) mass is 344 g/mol. The van der Waals surface area contributed by atoms with Crippen molar-refractivity contribution in [3.05, 3.63) is 65.7 Å². The van der Waals surface area contributed by atoms with Gasteiger partial charge in [0.15, 0.2) is 0 Å². The number of halogens is 1. The number of rotatable bonds is 6. The van der Waals surface area contributed by atoms with Crippen molar-refractivity contribution in [3.63, 3.8) is 0 Å². The van der Waals surface area contributed by atoms with Crippen LogP contribution in [0.5, 0.6) is 5.75 Å². The summed E-state index contributed by atoms with van der Waals surface area (Å²) in [5, 5.41) is 10.3. The molecule has 0 N–H and O–H groups in total. The summed E-state index contributed by atoms with van der Waals surface area (Å²) in [4.78, 5) is 2.13. The summed E-state index contributed by atoms with van der Waals surface area (Å²) in [5.41, 5.74) is 1.12. The van der Waals surface area contributed by atoms with Crippen molar-refractivity contribution in [1.82, 2.24) is 4.90 Å². The standard InChI is InChI=1S/C20H24N2O.ClH/c1-5-19(22(2)3)20(15-21,16-11-7-6-8-12-16)17-13-9-10-14-18(17)23-4;/h6-14,19H,5H2,1-4H3;1H. The van der Waals surface area contributed by atoms with Crippen LogP contribution in [0.15, 0.2) is 54.6 Å². The fraction of sp³-hybridized carbons (Fsp3) is 0.350. The normalized spacial score (nSPS) is 14.2. The van der Waals surface area contributed by atoms with E-state index in [0.717, 1.165) is 23.3 Å². The topological polar surface area (TPSA) is 36.3 Å². The summed E-state index contributed by atoms with van der Waals surface area (Å²) in [6.07, 6.45) is 0.855. The van der Waals surface area contributed by atoms with Crippen LogP contribution in [0.3, 0.4) is 0 Å². The molecule has 0 aromatic heterocycles. The number of hydrogen-bond acceptors (Lipinski definition) is 3. The lowest BCUT2D eigenvalue weighted by Crippen LogP contribution is -2.47. The van der Waals surface area contributed by atoms with Gasteiger partial charge in [-0.3, -0.25) is 0 Å². The Labute approximate surface area is 151 Å². The number of likely N-dealkylation sites (N-methyl/N-ethyl adjacent to an activating group) is 1. The van der Waals surface area contributed by atoms with E-state index in [2.05, 4.69) is 17.9 Å². The number of nitrogens with zero attached hydrogens (tertiary/aromatic N) is 2. The number of nitriles is 1. The largest absolute Gasteiger partial charge is 0.496 e. The summed E-state index contributed by atoms with van der Waals surface area (Å²) < 4.78 is 5.58. The average molecular weight is 345 g/mol. The van der Waals surface area contributed by atoms with Gasteiger partial charge in [0, 0.05) is 11.6 Å². The van der Waals surface area contributed by atoms with Gasteiger partial charge in [0.05, 0.1) is 13.2 Å². The van der Waals surface area contributed by atoms with Crippen LogP contribution in [0.4, 0.5) is 0 Å². The van der Waals surface area contributed by atoms with Gasteiger partial charge in [-0.1, -0.05) is 55.5 Å². The molecule has 0 aliphatic rings. The molecule has 0 spiro atoms. The molecule has 0 fully saturated rings. The minimum Gasteiger partial charge on any atom is -0.496 e. The summed E-state index contributed by atoms with van der Waals surface area (Å²) in [6, 6.07) is 20.5. The molecule has 2 aromatic carbocycles. The molecule has 2 aromatic rings. The minimum atomic E-state index is -0.786. The Morgan fingerprint density at radius 1 is 1.08 bits per heavy atom. The first kappa shape index (κ1) is 20.0. The quantitative estimate of drug-likeness (QED) is 0.785. The molecule has 0 heterocycles. The third-order valence-electron chi connectivity index (χ3n) is 4.45. The maximum atomic E-state index is 10.3. The molecule has 128 valence electrons. The third-order valence-corrected chi connectivity index (χ3v) is 4.45. The molecule has 2 atom stereocenters. The van der Waals surface area contributed by atoms with Gasteiger partial charge in [0.1, 0.15) is 11.2 Å².